The number of rotatable bonds is 5. The number of hydrogen-bond acceptors (Lipinski definition) is 5. The second-order valence-electron chi connectivity index (χ2n) is 8.38. The minimum Gasteiger partial charge on any atom is -0.492 e. The van der Waals surface area contributed by atoms with Crippen LogP contribution in [0.4, 0.5) is 5.69 Å². The highest BCUT2D eigenvalue weighted by Gasteiger charge is 2.25. The summed E-state index contributed by atoms with van der Waals surface area (Å²) >= 11 is 0. The Bertz CT molecular complexity index is 1320. The topological polar surface area (TPSA) is 71.4 Å². The van der Waals surface area contributed by atoms with E-state index in [0.29, 0.717) is 12.2 Å². The van der Waals surface area contributed by atoms with E-state index < -0.39 is 0 Å². The average molecular weight is 440 g/mol. The highest BCUT2D eigenvalue weighted by Crippen LogP contribution is 2.36. The monoisotopic (exact) mass is 439 g/mol. The molecule has 0 atom stereocenters. The van der Waals surface area contributed by atoms with Gasteiger partial charge in [0.2, 0.25) is 0 Å². The molecule has 3 heterocycles. The van der Waals surface area contributed by atoms with Gasteiger partial charge in [-0.05, 0) is 48.5 Å². The van der Waals surface area contributed by atoms with Gasteiger partial charge in [-0.2, -0.15) is 0 Å². The molecular formula is C26H25N5O2. The number of carbonyl (C=O) groups is 1. The maximum Gasteiger partial charge on any atom is 0.257 e. The number of nitrogens with zero attached hydrogens (tertiary/aromatic N) is 3. The molecule has 3 aromatic carbocycles. The quantitative estimate of drug-likeness (QED) is 0.498. The van der Waals surface area contributed by atoms with Crippen LogP contribution in [0, 0.1) is 0 Å². The fourth-order valence-corrected chi connectivity index (χ4v) is 4.63. The van der Waals surface area contributed by atoms with Crippen molar-refractivity contribution in [1.82, 2.24) is 19.8 Å². The molecule has 166 valence electrons. The Labute approximate surface area is 192 Å². The van der Waals surface area contributed by atoms with Crippen LogP contribution in [-0.2, 0) is 0 Å². The van der Waals surface area contributed by atoms with E-state index in [9.17, 15) is 4.79 Å². The van der Waals surface area contributed by atoms with Gasteiger partial charge in [-0.3, -0.25) is 14.3 Å². The lowest BCUT2D eigenvalue weighted by Crippen LogP contribution is -2.44. The number of amides is 1. The molecule has 1 fully saturated rings. The van der Waals surface area contributed by atoms with Crippen molar-refractivity contribution in [2.75, 3.05) is 44.6 Å². The third-order valence-electron chi connectivity index (χ3n) is 6.31. The van der Waals surface area contributed by atoms with Crippen LogP contribution < -0.4 is 15.4 Å². The maximum absolute atomic E-state index is 12.9. The SMILES string of the molecule is O=C1Nc2ccccc2-n2c(-c3ccc(OCCN4CCNCC4)cc3)nc3cccc1c32. The molecule has 2 aliphatic heterocycles. The van der Waals surface area contributed by atoms with Crippen molar-refractivity contribution in [3.8, 4) is 22.8 Å². The Morgan fingerprint density at radius 3 is 2.61 bits per heavy atom. The van der Waals surface area contributed by atoms with Crippen LogP contribution in [0.15, 0.2) is 66.7 Å². The zero-order valence-electron chi connectivity index (χ0n) is 18.3. The van der Waals surface area contributed by atoms with Gasteiger partial charge >= 0.3 is 0 Å². The number of piperazine rings is 1. The van der Waals surface area contributed by atoms with E-state index in [2.05, 4.69) is 20.1 Å². The van der Waals surface area contributed by atoms with Gasteiger partial charge in [0.05, 0.1) is 28.0 Å². The summed E-state index contributed by atoms with van der Waals surface area (Å²) in [5, 5.41) is 6.41. The number of ether oxygens (including phenoxy) is 1. The molecule has 0 aliphatic carbocycles. The van der Waals surface area contributed by atoms with Gasteiger partial charge in [-0.25, -0.2) is 4.98 Å². The number of benzene rings is 3. The third kappa shape index (κ3) is 3.65. The molecule has 0 unspecified atom stereocenters. The molecule has 4 aromatic rings. The van der Waals surface area contributed by atoms with Crippen molar-refractivity contribution in [3.63, 3.8) is 0 Å². The van der Waals surface area contributed by atoms with Gasteiger partial charge in [-0.1, -0.05) is 18.2 Å². The number of hydrogen-bond donors (Lipinski definition) is 2. The summed E-state index contributed by atoms with van der Waals surface area (Å²) in [6, 6.07) is 21.6. The maximum atomic E-state index is 12.9. The second kappa shape index (κ2) is 8.35. The summed E-state index contributed by atoms with van der Waals surface area (Å²) in [4.78, 5) is 20.2. The third-order valence-corrected chi connectivity index (χ3v) is 6.31. The molecule has 6 rings (SSSR count). The molecule has 0 bridgehead atoms. The Kier molecular flexibility index (Phi) is 5.05. The molecule has 7 heteroatoms. The van der Waals surface area contributed by atoms with Gasteiger partial charge in [0.1, 0.15) is 18.2 Å². The average Bonchev–Trinajstić information content (AvgIpc) is 3.19. The van der Waals surface area contributed by atoms with E-state index in [1.165, 1.54) is 0 Å². The largest absolute Gasteiger partial charge is 0.492 e. The second-order valence-corrected chi connectivity index (χ2v) is 8.38. The number of aromatic nitrogens is 2. The summed E-state index contributed by atoms with van der Waals surface area (Å²) in [5.41, 5.74) is 4.89. The van der Waals surface area contributed by atoms with E-state index in [-0.39, 0.29) is 5.91 Å². The van der Waals surface area contributed by atoms with Crippen LogP contribution >= 0.6 is 0 Å². The van der Waals surface area contributed by atoms with Crippen molar-refractivity contribution in [2.24, 2.45) is 0 Å². The van der Waals surface area contributed by atoms with Crippen LogP contribution in [0.3, 0.4) is 0 Å². The molecule has 2 N–H and O–H groups in total. The number of anilines is 1. The van der Waals surface area contributed by atoms with Crippen LogP contribution in [-0.4, -0.2) is 59.7 Å². The number of carbonyl (C=O) groups excluding carboxylic acids is 1. The van der Waals surface area contributed by atoms with Crippen molar-refractivity contribution >= 4 is 22.6 Å². The van der Waals surface area contributed by atoms with Gasteiger partial charge in [0.15, 0.2) is 0 Å². The fraction of sp³-hybridized carbons (Fsp3) is 0.231. The predicted octanol–water partition coefficient (Wildman–Crippen LogP) is 3.54. The van der Waals surface area contributed by atoms with E-state index in [1.807, 2.05) is 66.7 Å². The summed E-state index contributed by atoms with van der Waals surface area (Å²) in [5.74, 6) is 1.53. The molecule has 7 nitrogen and oxygen atoms in total. The molecule has 0 radical (unpaired) electrons. The first kappa shape index (κ1) is 20.0. The summed E-state index contributed by atoms with van der Waals surface area (Å²) in [7, 11) is 0. The Morgan fingerprint density at radius 2 is 1.76 bits per heavy atom. The van der Waals surface area contributed by atoms with Crippen molar-refractivity contribution < 1.29 is 9.53 Å². The first-order valence-corrected chi connectivity index (χ1v) is 11.4. The zero-order valence-corrected chi connectivity index (χ0v) is 18.3. The van der Waals surface area contributed by atoms with E-state index >= 15 is 0 Å². The normalized spacial score (nSPS) is 15.7. The van der Waals surface area contributed by atoms with Crippen molar-refractivity contribution in [2.45, 2.75) is 0 Å². The molecule has 33 heavy (non-hydrogen) atoms. The fourth-order valence-electron chi connectivity index (χ4n) is 4.63. The first-order chi connectivity index (χ1) is 16.3. The molecule has 1 saturated heterocycles. The Morgan fingerprint density at radius 1 is 0.939 bits per heavy atom. The molecule has 2 aliphatic rings. The van der Waals surface area contributed by atoms with E-state index in [4.69, 9.17) is 9.72 Å². The number of imidazole rings is 1. The Hall–Kier alpha value is -3.68. The molecule has 1 aromatic heterocycles. The smallest absolute Gasteiger partial charge is 0.257 e. The van der Waals surface area contributed by atoms with Crippen LogP contribution in [0.1, 0.15) is 10.4 Å². The van der Waals surface area contributed by atoms with Gasteiger partial charge in [-0.15, -0.1) is 0 Å². The van der Waals surface area contributed by atoms with E-state index in [1.54, 1.807) is 0 Å². The van der Waals surface area contributed by atoms with Gasteiger partial charge < -0.3 is 15.4 Å². The molecule has 0 saturated carbocycles. The molecule has 1 amide bonds. The Balaban J connectivity index is 1.33. The summed E-state index contributed by atoms with van der Waals surface area (Å²) in [6.45, 7) is 5.82. The number of nitrogens with one attached hydrogen (secondary N) is 2. The standard InChI is InChI=1S/C26H25N5O2/c32-26-20-4-3-6-22-24(20)31(23-7-2-1-5-21(23)29-26)25(28-22)18-8-10-19(11-9-18)33-17-16-30-14-12-27-13-15-30/h1-11,27H,12-17H2,(H,29,32). The van der Waals surface area contributed by atoms with Crippen LogP contribution in [0.25, 0.3) is 28.1 Å². The van der Waals surface area contributed by atoms with Crippen LogP contribution in [0.2, 0.25) is 0 Å². The number of para-hydroxylation sites is 3. The summed E-state index contributed by atoms with van der Waals surface area (Å²) < 4.78 is 8.07. The number of fused-ring (bicyclic) bond motifs is 2. The lowest BCUT2D eigenvalue weighted by Gasteiger charge is -2.26. The lowest BCUT2D eigenvalue weighted by atomic mass is 10.1. The van der Waals surface area contributed by atoms with Crippen molar-refractivity contribution in [1.29, 1.82) is 0 Å². The zero-order chi connectivity index (χ0) is 22.2. The van der Waals surface area contributed by atoms with Gasteiger partial charge in [0.25, 0.3) is 5.91 Å². The minimum atomic E-state index is -0.119. The van der Waals surface area contributed by atoms with Gasteiger partial charge in [0, 0.05) is 38.3 Å². The molecule has 0 spiro atoms. The van der Waals surface area contributed by atoms with Crippen molar-refractivity contribution in [3.05, 3.63) is 72.3 Å². The minimum absolute atomic E-state index is 0.119. The highest BCUT2D eigenvalue weighted by atomic mass is 16.5. The summed E-state index contributed by atoms with van der Waals surface area (Å²) in [6.07, 6.45) is 0. The predicted molar refractivity (Wildman–Crippen MR) is 129 cm³/mol. The lowest BCUT2D eigenvalue weighted by molar-refractivity contribution is 0.102. The van der Waals surface area contributed by atoms with Crippen LogP contribution in [0.5, 0.6) is 5.75 Å². The highest BCUT2D eigenvalue weighted by molar-refractivity contribution is 6.14. The van der Waals surface area contributed by atoms with E-state index in [0.717, 1.165) is 72.3 Å². The molecular weight excluding hydrogens is 414 g/mol. The first-order valence-electron chi connectivity index (χ1n) is 11.4.